The number of ether oxygens (including phenoxy) is 5. The number of aromatic carboxylic acids is 1. The number of carboxylic acid groups (broad SMARTS) is 1. The number of nitrogens with two attached hydrogens (primary N) is 4. The summed E-state index contributed by atoms with van der Waals surface area (Å²) in [7, 11) is 6.58. The van der Waals surface area contributed by atoms with Gasteiger partial charge >= 0.3 is 5.97 Å². The Hall–Kier alpha value is -15.5. The maximum Gasteiger partial charge on any atom is 0.335 e. The van der Waals surface area contributed by atoms with Crippen LogP contribution in [0.2, 0.25) is 5.02 Å². The number of nitrogen functional groups attached to an aromatic ring is 3. The SMILES string of the molecule is CC(C)Cc1ccc(C(=O)O)cc1Nc1nc2c(ccc3[nH]c(N)nc32)s1.CC(C)Cc1ccc(C(N)=O)cc1Nc1nc2c(ccc3[nH]c(N)nc32)s1.COc1ccc(Cl)cc1Nc1nc2c(ccc3nc(C)sc32)s1.COc1ccc(OC)c(Nc2nc3c(ccc4nc(C)sc43)s2)c1.COc1ccccc1Nc1nc2c(ccc3[nH]c(N)nc32)s1.Cc1nc2ccc3sc(Nc4ccccc4OC(C)C)nc3c2s1. The quantitative estimate of drug-likeness (QED) is 0.0267. The molecule has 1 amide bonds. The number of hydrogen-bond donors (Lipinski definition) is 14. The number of H-pyrrole nitrogens is 3. The first-order valence-electron chi connectivity index (χ1n) is 46.0. The highest BCUT2D eigenvalue weighted by Crippen LogP contribution is 2.45. The molecule has 33 nitrogen and oxygen atoms in total. The lowest BCUT2D eigenvalue weighted by Crippen LogP contribution is -2.12. The largest absolute Gasteiger partial charge is 0.497 e. The first-order chi connectivity index (χ1) is 71.0. The lowest BCUT2D eigenvalue weighted by atomic mass is 9.99. The van der Waals surface area contributed by atoms with Crippen LogP contribution in [0.25, 0.3) is 125 Å². The number of carbonyl (C=O) groups excluding carboxylic acids is 1. The number of rotatable bonds is 24. The van der Waals surface area contributed by atoms with Crippen molar-refractivity contribution in [3.8, 4) is 28.7 Å². The summed E-state index contributed by atoms with van der Waals surface area (Å²) in [4.78, 5) is 86.8. The van der Waals surface area contributed by atoms with Crippen LogP contribution >= 0.6 is 114 Å². The van der Waals surface area contributed by atoms with Crippen LogP contribution < -0.4 is 78.5 Å². The predicted molar refractivity (Wildman–Crippen MR) is 612 cm³/mol. The van der Waals surface area contributed by atoms with Crippen LogP contribution in [0.4, 0.5) is 82.8 Å². The van der Waals surface area contributed by atoms with E-state index in [1.54, 1.807) is 138 Å². The van der Waals surface area contributed by atoms with Crippen LogP contribution in [0.1, 0.15) is 88.4 Å². The van der Waals surface area contributed by atoms with E-state index < -0.39 is 11.9 Å². The molecule has 0 aliphatic rings. The summed E-state index contributed by atoms with van der Waals surface area (Å²) in [6.45, 7) is 18.7. The number of methoxy groups -OCH3 is 4. The lowest BCUT2D eigenvalue weighted by Gasteiger charge is -2.14. The Kier molecular flexibility index (Phi) is 29.6. The van der Waals surface area contributed by atoms with Crippen molar-refractivity contribution in [3.05, 3.63) is 236 Å². The standard InChI is InChI=1S/C19H20N6OS.C19H19N5O2S.C18H17N3OS2.C17H15N3O2S2.C16H12ClN3OS2.C15H13N5OS/c1-9(2)7-10-3-4-11(17(20)26)8-13(10)23-19-25-16-14(27-19)6-5-12-15(16)24-18(21)22-12;1-9(2)7-10-3-4-11(17(25)26)8-13(10)22-19-24-16-14(27-19)6-5-12-15(16)23-18(20)21-12;1-10(2)22-14-7-5-4-6-12(14)20-18-21-16-15(24-18)9-8-13-17(16)23-11(3)19-13;1-9-18-11-5-7-14-15(16(11)23-9)20-17(24-14)19-12-8-10(21-2)4-6-13(12)22-3;1-8-18-10-4-6-13-14(15(10)22-8)20-16(23-13)19-11-7-9(17)3-5-12(11)21-2;1-21-10-5-3-2-4-8(10)18-15-20-13-11(22-15)7-6-9-12(13)19-14(16)17-9/h3-6,8-9H,7H2,1-2H3,(H2,20,26)(H,23,25)(H3,21,22,24);3-6,8-9H,7H2,1-2H3,(H,22,24)(H,25,26)(H3,20,21,23);4-10H,1-3H3,(H,20,21);4-8H,1-3H3,(H,19,20);3-7H,1-2H3,(H,19,20);2-7H,1H3,(H,18,20)(H3,16,17,19). The van der Waals surface area contributed by atoms with Crippen molar-refractivity contribution in [3.63, 3.8) is 0 Å². The number of fused-ring (bicyclic) bond motifs is 18. The number of thiazole rings is 9. The van der Waals surface area contributed by atoms with Crippen LogP contribution in [0.15, 0.2) is 194 Å². The Labute approximate surface area is 880 Å². The van der Waals surface area contributed by atoms with Crippen LogP contribution in [-0.4, -0.2) is 126 Å². The molecule has 12 aromatic heterocycles. The van der Waals surface area contributed by atoms with Gasteiger partial charge in [-0.2, -0.15) is 0 Å². The molecule has 0 bridgehead atoms. The van der Waals surface area contributed by atoms with Gasteiger partial charge in [0.2, 0.25) is 5.91 Å². The zero-order chi connectivity index (χ0) is 103. The van der Waals surface area contributed by atoms with Gasteiger partial charge in [-0.05, 0) is 222 Å². The van der Waals surface area contributed by atoms with Gasteiger partial charge in [0, 0.05) is 28.0 Å². The van der Waals surface area contributed by atoms with E-state index in [1.807, 2.05) is 168 Å². The number of carboxylic acids is 1. The fraction of sp³-hybridized carbons (Fsp3) is 0.173. The second kappa shape index (κ2) is 43.4. The van der Waals surface area contributed by atoms with Crippen LogP contribution in [0.3, 0.4) is 0 Å². The molecular formula is C104H96ClN25O8S9. The first kappa shape index (κ1) is 100. The fourth-order valence-corrected chi connectivity index (χ4v) is 24.6. The molecule has 43 heteroatoms. The Balaban J connectivity index is 0.000000111. The van der Waals surface area contributed by atoms with Crippen molar-refractivity contribution in [2.45, 2.75) is 81.3 Å². The number of nitrogens with one attached hydrogen (secondary N) is 9. The van der Waals surface area contributed by atoms with Gasteiger partial charge in [0.25, 0.3) is 0 Å². The van der Waals surface area contributed by atoms with Gasteiger partial charge in [0.05, 0.1) is 153 Å². The second-order valence-electron chi connectivity index (χ2n) is 34.5. The van der Waals surface area contributed by atoms with Gasteiger partial charge in [-0.25, -0.2) is 64.6 Å². The molecule has 12 aromatic carbocycles. The smallest absolute Gasteiger partial charge is 0.335 e. The highest BCUT2D eigenvalue weighted by molar-refractivity contribution is 7.26. The Morgan fingerprint density at radius 2 is 0.680 bits per heavy atom. The molecule has 746 valence electrons. The van der Waals surface area contributed by atoms with E-state index in [0.717, 1.165) is 253 Å². The molecule has 24 rings (SSSR count). The zero-order valence-electron chi connectivity index (χ0n) is 81.2. The van der Waals surface area contributed by atoms with Crippen molar-refractivity contribution in [2.75, 3.05) is 77.5 Å². The number of anilines is 15. The second-order valence-corrected chi connectivity index (χ2v) is 44.7. The minimum atomic E-state index is -0.952. The number of aromatic amines is 3. The number of aromatic nitrogens is 15. The van der Waals surface area contributed by atoms with E-state index in [4.69, 9.17) is 78.2 Å². The summed E-state index contributed by atoms with van der Waals surface area (Å²) in [5, 5.41) is 37.8. The Morgan fingerprint density at radius 3 is 1.06 bits per heavy atom. The van der Waals surface area contributed by atoms with E-state index in [1.165, 1.54) is 22.7 Å². The molecule has 0 aliphatic carbocycles. The highest BCUT2D eigenvalue weighted by atomic mass is 35.5. The molecule has 24 aromatic rings. The number of imidazole rings is 3. The summed E-state index contributed by atoms with van der Waals surface area (Å²) < 4.78 is 37.2. The van der Waals surface area contributed by atoms with Crippen molar-refractivity contribution in [1.82, 2.24) is 74.8 Å². The third kappa shape index (κ3) is 22.6. The molecule has 0 saturated carbocycles. The summed E-state index contributed by atoms with van der Waals surface area (Å²) >= 11 is 20.6. The molecule has 0 unspecified atom stereocenters. The molecule has 0 atom stereocenters. The van der Waals surface area contributed by atoms with Crippen LogP contribution in [0.5, 0.6) is 28.7 Å². The number of hydrogen-bond acceptors (Lipinski definition) is 37. The monoisotopic (exact) mass is 2150 g/mol. The molecule has 0 aliphatic heterocycles. The van der Waals surface area contributed by atoms with Crippen molar-refractivity contribution in [1.29, 1.82) is 0 Å². The molecule has 147 heavy (non-hydrogen) atoms. The highest BCUT2D eigenvalue weighted by Gasteiger charge is 2.23. The average molecular weight is 2150 g/mol. The Bertz CT molecular complexity index is 8860. The number of carbonyl (C=O) groups is 2. The number of primary amides is 1. The zero-order valence-corrected chi connectivity index (χ0v) is 89.3. The van der Waals surface area contributed by atoms with Crippen LogP contribution in [0, 0.1) is 32.6 Å². The number of para-hydroxylation sites is 4. The molecule has 0 spiro atoms. The minimum Gasteiger partial charge on any atom is -0.497 e. The number of halogens is 1. The number of benzene rings is 12. The van der Waals surface area contributed by atoms with Gasteiger partial charge in [-0.3, -0.25) is 4.79 Å². The van der Waals surface area contributed by atoms with Crippen molar-refractivity contribution >= 4 is 333 Å². The maximum atomic E-state index is 11.6. The molecule has 0 radical (unpaired) electrons. The lowest BCUT2D eigenvalue weighted by molar-refractivity contribution is 0.0696. The van der Waals surface area contributed by atoms with Crippen LogP contribution in [-0.2, 0) is 12.8 Å². The number of amides is 1. The topological polar surface area (TPSA) is 479 Å². The van der Waals surface area contributed by atoms with Gasteiger partial charge < -0.3 is 98.6 Å². The molecule has 18 N–H and O–H groups in total. The first-order valence-corrected chi connectivity index (χ1v) is 53.7. The van der Waals surface area contributed by atoms with Crippen molar-refractivity contribution in [2.24, 2.45) is 17.6 Å². The molecule has 0 fully saturated rings. The Morgan fingerprint density at radius 1 is 0.347 bits per heavy atom. The summed E-state index contributed by atoms with van der Waals surface area (Å²) in [6.07, 6.45) is 1.85. The van der Waals surface area contributed by atoms with E-state index >= 15 is 0 Å². The van der Waals surface area contributed by atoms with Gasteiger partial charge in [-0.1, -0.05) is 144 Å². The maximum absolute atomic E-state index is 11.6. The third-order valence-corrected chi connectivity index (χ3v) is 31.4. The third-order valence-electron chi connectivity index (χ3n) is 22.5. The van der Waals surface area contributed by atoms with E-state index in [-0.39, 0.29) is 11.7 Å². The molecule has 0 saturated heterocycles. The van der Waals surface area contributed by atoms with Gasteiger partial charge in [0.15, 0.2) is 48.6 Å². The minimum absolute atomic E-state index is 0.128. The predicted octanol–water partition coefficient (Wildman–Crippen LogP) is 28.0. The van der Waals surface area contributed by atoms with Crippen molar-refractivity contribution < 1.29 is 38.4 Å². The average Bonchev–Trinajstić information content (AvgIpc) is 1.63. The van der Waals surface area contributed by atoms with Gasteiger partial charge in [0.1, 0.15) is 78.4 Å². The number of nitrogens with zero attached hydrogens (tertiary/aromatic N) is 12. The van der Waals surface area contributed by atoms with E-state index in [2.05, 4.69) is 145 Å². The molecule has 12 heterocycles. The van der Waals surface area contributed by atoms with E-state index in [0.29, 0.717) is 45.4 Å². The summed E-state index contributed by atoms with van der Waals surface area (Å²) in [6, 6.07) is 61.7. The molecular weight excluding hydrogens is 2050 g/mol. The van der Waals surface area contributed by atoms with Gasteiger partial charge in [-0.15, -0.1) is 34.0 Å². The summed E-state index contributed by atoms with van der Waals surface area (Å²) in [5.74, 6) is 4.49. The number of aryl methyl sites for hydroxylation is 3. The van der Waals surface area contributed by atoms with E-state index in [9.17, 15) is 14.7 Å². The fourth-order valence-electron chi connectivity index (χ4n) is 16.2. The normalized spacial score (nSPS) is 11.4. The summed E-state index contributed by atoms with van der Waals surface area (Å²) in [5.41, 5.74) is 43.9.